The van der Waals surface area contributed by atoms with Crippen molar-refractivity contribution in [3.05, 3.63) is 36.0 Å². The molecule has 3 aromatic rings. The highest BCUT2D eigenvalue weighted by atomic mass is 32.1. The molecule has 0 spiro atoms. The van der Waals surface area contributed by atoms with Gasteiger partial charge in [-0.3, -0.25) is 5.10 Å². The van der Waals surface area contributed by atoms with Gasteiger partial charge >= 0.3 is 5.97 Å². The first-order valence-corrected chi connectivity index (χ1v) is 6.36. The fourth-order valence-electron chi connectivity index (χ4n) is 1.96. The first-order valence-electron chi connectivity index (χ1n) is 5.54. The van der Waals surface area contributed by atoms with Crippen molar-refractivity contribution in [2.45, 2.75) is 0 Å². The number of fused-ring (bicyclic) bond motifs is 1. The number of aromatic nitrogens is 2. The second kappa shape index (κ2) is 4.40. The van der Waals surface area contributed by atoms with Crippen LogP contribution in [-0.2, 0) is 0 Å². The molecule has 2 N–H and O–H groups in total. The van der Waals surface area contributed by atoms with E-state index in [2.05, 4.69) is 10.2 Å². The molecule has 0 fully saturated rings. The molecular weight excluding hydrogens is 264 g/mol. The zero-order valence-electron chi connectivity index (χ0n) is 10.0. The van der Waals surface area contributed by atoms with Crippen LogP contribution in [0.2, 0.25) is 0 Å². The molecule has 6 heteroatoms. The molecule has 0 aliphatic carbocycles. The average molecular weight is 274 g/mol. The van der Waals surface area contributed by atoms with Crippen LogP contribution < -0.4 is 4.74 Å². The quantitative estimate of drug-likeness (QED) is 0.769. The molecular formula is C13H10N2O3S. The predicted octanol–water partition coefficient (Wildman–Crippen LogP) is 3.00. The standard InChI is InChI=1S/C13H10N2O3S/c1-18-9-4-2-3-7-5-10(19-12(7)9)11-8(13(16)17)6-14-15-11/h2-6H,1H3,(H,14,15)(H,16,17). The topological polar surface area (TPSA) is 75.2 Å². The second-order valence-corrected chi connectivity index (χ2v) is 5.01. The van der Waals surface area contributed by atoms with Gasteiger partial charge in [0.2, 0.25) is 0 Å². The van der Waals surface area contributed by atoms with Gasteiger partial charge in [0.25, 0.3) is 0 Å². The minimum atomic E-state index is -0.992. The molecule has 0 aliphatic rings. The Morgan fingerprint density at radius 1 is 1.47 bits per heavy atom. The van der Waals surface area contributed by atoms with Gasteiger partial charge in [0.1, 0.15) is 11.3 Å². The van der Waals surface area contributed by atoms with Gasteiger partial charge in [-0.05, 0) is 17.5 Å². The van der Waals surface area contributed by atoms with E-state index in [1.165, 1.54) is 17.5 Å². The van der Waals surface area contributed by atoms with E-state index in [9.17, 15) is 4.79 Å². The van der Waals surface area contributed by atoms with Crippen molar-refractivity contribution in [3.63, 3.8) is 0 Å². The van der Waals surface area contributed by atoms with Gasteiger partial charge in [-0.25, -0.2) is 4.79 Å². The molecule has 0 aliphatic heterocycles. The van der Waals surface area contributed by atoms with Gasteiger partial charge in [-0.1, -0.05) is 12.1 Å². The lowest BCUT2D eigenvalue weighted by atomic mass is 10.2. The lowest BCUT2D eigenvalue weighted by Crippen LogP contribution is -1.95. The van der Waals surface area contributed by atoms with E-state index in [4.69, 9.17) is 9.84 Å². The summed E-state index contributed by atoms with van der Waals surface area (Å²) in [5, 5.41) is 16.7. The Morgan fingerprint density at radius 2 is 2.32 bits per heavy atom. The molecule has 19 heavy (non-hydrogen) atoms. The van der Waals surface area contributed by atoms with E-state index in [0.717, 1.165) is 20.7 Å². The summed E-state index contributed by atoms with van der Waals surface area (Å²) < 4.78 is 6.30. The number of rotatable bonds is 3. The van der Waals surface area contributed by atoms with E-state index < -0.39 is 5.97 Å². The minimum Gasteiger partial charge on any atom is -0.495 e. The number of aromatic amines is 1. The molecule has 0 amide bonds. The summed E-state index contributed by atoms with van der Waals surface area (Å²) in [6.45, 7) is 0. The maximum atomic E-state index is 11.1. The van der Waals surface area contributed by atoms with E-state index >= 15 is 0 Å². The second-order valence-electron chi connectivity index (χ2n) is 3.95. The van der Waals surface area contributed by atoms with Crippen LogP contribution in [-0.4, -0.2) is 28.4 Å². The first-order chi connectivity index (χ1) is 9.20. The Kier molecular flexibility index (Phi) is 2.72. The van der Waals surface area contributed by atoms with Crippen molar-refractivity contribution in [1.82, 2.24) is 10.2 Å². The van der Waals surface area contributed by atoms with Gasteiger partial charge in [0, 0.05) is 0 Å². The fraction of sp³-hybridized carbons (Fsp3) is 0.0769. The van der Waals surface area contributed by atoms with Gasteiger partial charge in [-0.15, -0.1) is 11.3 Å². The fourth-order valence-corrected chi connectivity index (χ4v) is 3.12. The number of hydrogen-bond acceptors (Lipinski definition) is 4. The zero-order chi connectivity index (χ0) is 13.4. The molecule has 2 aromatic heterocycles. The number of H-pyrrole nitrogens is 1. The van der Waals surface area contributed by atoms with Crippen molar-refractivity contribution in [3.8, 4) is 16.3 Å². The highest BCUT2D eigenvalue weighted by Gasteiger charge is 2.17. The molecule has 1 aromatic carbocycles. The van der Waals surface area contributed by atoms with E-state index in [-0.39, 0.29) is 5.56 Å². The summed E-state index contributed by atoms with van der Waals surface area (Å²) in [6, 6.07) is 7.69. The van der Waals surface area contributed by atoms with Gasteiger partial charge in [0.15, 0.2) is 0 Å². The van der Waals surface area contributed by atoms with E-state index in [1.54, 1.807) is 7.11 Å². The number of ether oxygens (including phenoxy) is 1. The van der Waals surface area contributed by atoms with Crippen molar-refractivity contribution in [2.24, 2.45) is 0 Å². The van der Waals surface area contributed by atoms with Gasteiger partial charge in [0.05, 0.1) is 28.6 Å². The number of aromatic carboxylic acids is 1. The number of nitrogens with one attached hydrogen (secondary N) is 1. The van der Waals surface area contributed by atoms with Crippen molar-refractivity contribution in [2.75, 3.05) is 7.11 Å². The van der Waals surface area contributed by atoms with Crippen LogP contribution in [0, 0.1) is 0 Å². The molecule has 0 unspecified atom stereocenters. The summed E-state index contributed by atoms with van der Waals surface area (Å²) in [5.74, 6) is -0.210. The smallest absolute Gasteiger partial charge is 0.339 e. The van der Waals surface area contributed by atoms with Crippen LogP contribution in [0.15, 0.2) is 30.5 Å². The maximum Gasteiger partial charge on any atom is 0.339 e. The van der Waals surface area contributed by atoms with Gasteiger partial charge < -0.3 is 9.84 Å². The Bertz CT molecular complexity index is 760. The number of thiophene rings is 1. The van der Waals surface area contributed by atoms with Gasteiger partial charge in [-0.2, -0.15) is 5.10 Å². The summed E-state index contributed by atoms with van der Waals surface area (Å²) in [7, 11) is 1.62. The van der Waals surface area contributed by atoms with Crippen LogP contribution in [0.25, 0.3) is 20.7 Å². The minimum absolute atomic E-state index is 0.172. The lowest BCUT2D eigenvalue weighted by molar-refractivity contribution is 0.0698. The molecule has 0 radical (unpaired) electrons. The summed E-state index contributed by atoms with van der Waals surface area (Å²) in [6.07, 6.45) is 1.32. The largest absolute Gasteiger partial charge is 0.495 e. The number of hydrogen-bond donors (Lipinski definition) is 2. The molecule has 0 saturated carbocycles. The van der Waals surface area contributed by atoms with Crippen LogP contribution in [0.1, 0.15) is 10.4 Å². The number of carboxylic acid groups (broad SMARTS) is 1. The van der Waals surface area contributed by atoms with Crippen LogP contribution in [0.4, 0.5) is 0 Å². The number of carboxylic acids is 1. The third-order valence-electron chi connectivity index (χ3n) is 2.84. The molecule has 96 valence electrons. The Labute approximate surface area is 112 Å². The lowest BCUT2D eigenvalue weighted by Gasteiger charge is -1.99. The highest BCUT2D eigenvalue weighted by molar-refractivity contribution is 7.22. The van der Waals surface area contributed by atoms with Crippen LogP contribution in [0.3, 0.4) is 0 Å². The Hall–Kier alpha value is -2.34. The highest BCUT2D eigenvalue weighted by Crippen LogP contribution is 2.38. The van der Waals surface area contributed by atoms with E-state index in [0.29, 0.717) is 5.69 Å². The monoisotopic (exact) mass is 274 g/mol. The molecule has 0 saturated heterocycles. The van der Waals surface area contributed by atoms with Crippen molar-refractivity contribution in [1.29, 1.82) is 0 Å². The SMILES string of the molecule is COc1cccc2cc(-c3[nH]ncc3C(=O)O)sc12. The average Bonchev–Trinajstić information content (AvgIpc) is 3.03. The van der Waals surface area contributed by atoms with Crippen molar-refractivity contribution >= 4 is 27.4 Å². The predicted molar refractivity (Wildman–Crippen MR) is 72.9 cm³/mol. The third kappa shape index (κ3) is 1.86. The number of carbonyl (C=O) groups is 1. The van der Waals surface area contributed by atoms with E-state index in [1.807, 2.05) is 24.3 Å². The normalized spacial score (nSPS) is 10.8. The first kappa shape index (κ1) is 11.7. The summed E-state index contributed by atoms with van der Waals surface area (Å²) in [4.78, 5) is 11.9. The van der Waals surface area contributed by atoms with Crippen LogP contribution in [0.5, 0.6) is 5.75 Å². The number of benzene rings is 1. The zero-order valence-corrected chi connectivity index (χ0v) is 10.8. The third-order valence-corrected chi connectivity index (χ3v) is 4.03. The molecule has 5 nitrogen and oxygen atoms in total. The molecule has 3 rings (SSSR count). The number of methoxy groups -OCH3 is 1. The molecule has 2 heterocycles. The Morgan fingerprint density at radius 3 is 3.05 bits per heavy atom. The maximum absolute atomic E-state index is 11.1. The summed E-state index contributed by atoms with van der Waals surface area (Å²) in [5.41, 5.74) is 0.696. The number of nitrogens with zero attached hydrogens (tertiary/aromatic N) is 1. The van der Waals surface area contributed by atoms with Crippen LogP contribution >= 0.6 is 11.3 Å². The van der Waals surface area contributed by atoms with Crippen molar-refractivity contribution < 1.29 is 14.6 Å². The molecule has 0 bridgehead atoms. The summed E-state index contributed by atoms with van der Waals surface area (Å²) >= 11 is 1.48. The Balaban J connectivity index is 2.21. The molecule has 0 atom stereocenters.